The summed E-state index contributed by atoms with van der Waals surface area (Å²) < 4.78 is 0. The number of rotatable bonds is 19. The normalized spacial score (nSPS) is 11.5. The minimum Gasteiger partial charge on any atom is -0.0654 e. The molecule has 0 atom stereocenters. The molecule has 0 heteroatoms. The number of hydrogen-bond donors (Lipinski definition) is 0. The van der Waals surface area contributed by atoms with Crippen molar-refractivity contribution in [2.75, 3.05) is 0 Å². The molecule has 0 N–H and O–H groups in total. The first-order chi connectivity index (χ1) is 11.3. The summed E-state index contributed by atoms with van der Waals surface area (Å²) in [7, 11) is 0. The second-order valence-corrected chi connectivity index (χ2v) is 7.51. The third-order valence-electron chi connectivity index (χ3n) is 5.38. The fourth-order valence-corrected chi connectivity index (χ4v) is 3.53. The van der Waals surface area contributed by atoms with E-state index in [2.05, 4.69) is 20.8 Å². The standard InChI is InChI=1S/C23H47/c1-4-7-8-9-10-11-12-13-14-15-16-17-18-19-20-21-22-23(5-2)6-3/h4-22H2,1-3H3. The maximum absolute atomic E-state index is 2.31. The van der Waals surface area contributed by atoms with Crippen LogP contribution in [0.3, 0.4) is 0 Å². The highest BCUT2D eigenvalue weighted by atomic mass is 14.1. The van der Waals surface area contributed by atoms with Crippen molar-refractivity contribution in [2.45, 2.75) is 143 Å². The van der Waals surface area contributed by atoms with Gasteiger partial charge in [-0.1, -0.05) is 124 Å². The Labute approximate surface area is 149 Å². The second-order valence-electron chi connectivity index (χ2n) is 7.51. The Balaban J connectivity index is 3.02. The molecule has 0 spiro atoms. The lowest BCUT2D eigenvalue weighted by molar-refractivity contribution is 0.525. The summed E-state index contributed by atoms with van der Waals surface area (Å²) in [6.45, 7) is 6.92. The van der Waals surface area contributed by atoms with Crippen LogP contribution >= 0.6 is 0 Å². The van der Waals surface area contributed by atoms with E-state index in [9.17, 15) is 0 Å². The Morgan fingerprint density at radius 1 is 0.391 bits per heavy atom. The van der Waals surface area contributed by atoms with Gasteiger partial charge in [0.15, 0.2) is 0 Å². The summed E-state index contributed by atoms with van der Waals surface area (Å²) in [6, 6.07) is 0. The van der Waals surface area contributed by atoms with Gasteiger partial charge in [0.2, 0.25) is 0 Å². The highest BCUT2D eigenvalue weighted by Crippen LogP contribution is 2.20. The Morgan fingerprint density at radius 2 is 0.696 bits per heavy atom. The van der Waals surface area contributed by atoms with Gasteiger partial charge in [-0.15, -0.1) is 0 Å². The first-order valence-electron chi connectivity index (χ1n) is 11.2. The van der Waals surface area contributed by atoms with E-state index < -0.39 is 0 Å². The van der Waals surface area contributed by atoms with Crippen LogP contribution in [0.1, 0.15) is 143 Å². The van der Waals surface area contributed by atoms with Crippen molar-refractivity contribution in [1.29, 1.82) is 0 Å². The smallest absolute Gasteiger partial charge is 0.0246 e. The minimum atomic E-state index is 1.30. The largest absolute Gasteiger partial charge is 0.0654 e. The van der Waals surface area contributed by atoms with Gasteiger partial charge in [-0.3, -0.25) is 0 Å². The van der Waals surface area contributed by atoms with Crippen LogP contribution in [-0.2, 0) is 0 Å². The van der Waals surface area contributed by atoms with Gasteiger partial charge in [-0.25, -0.2) is 0 Å². The van der Waals surface area contributed by atoms with Crippen LogP contribution in [-0.4, -0.2) is 0 Å². The molecule has 23 heavy (non-hydrogen) atoms. The molecular weight excluding hydrogens is 276 g/mol. The van der Waals surface area contributed by atoms with Crippen molar-refractivity contribution < 1.29 is 0 Å². The first-order valence-corrected chi connectivity index (χ1v) is 11.2. The Bertz CT molecular complexity index is 192. The van der Waals surface area contributed by atoms with Crippen molar-refractivity contribution in [3.63, 3.8) is 0 Å². The van der Waals surface area contributed by atoms with Gasteiger partial charge < -0.3 is 0 Å². The summed E-state index contributed by atoms with van der Waals surface area (Å²) >= 11 is 0. The summed E-state index contributed by atoms with van der Waals surface area (Å²) in [5.41, 5.74) is 0. The van der Waals surface area contributed by atoms with Gasteiger partial charge in [-0.05, 0) is 25.2 Å². The predicted octanol–water partition coefficient (Wildman–Crippen LogP) is 9.03. The molecule has 139 valence electrons. The molecule has 0 bridgehead atoms. The molecule has 0 aliphatic rings. The Hall–Kier alpha value is 0. The van der Waals surface area contributed by atoms with Gasteiger partial charge in [0, 0.05) is 0 Å². The molecule has 0 amide bonds. The molecule has 1 radical (unpaired) electrons. The molecule has 0 nitrogen and oxygen atoms in total. The van der Waals surface area contributed by atoms with Crippen LogP contribution in [0.4, 0.5) is 0 Å². The van der Waals surface area contributed by atoms with Crippen LogP contribution in [0, 0.1) is 5.92 Å². The van der Waals surface area contributed by atoms with Crippen LogP contribution in [0.5, 0.6) is 0 Å². The third-order valence-corrected chi connectivity index (χ3v) is 5.38. The zero-order valence-corrected chi connectivity index (χ0v) is 16.9. The molecule has 0 saturated carbocycles. The van der Waals surface area contributed by atoms with E-state index in [1.807, 2.05) is 0 Å². The fourth-order valence-electron chi connectivity index (χ4n) is 3.53. The predicted molar refractivity (Wildman–Crippen MR) is 108 cm³/mol. The SMILES string of the molecule is CCCCCCCCCCCCCCCCCC[C](CC)CC. The summed E-state index contributed by atoms with van der Waals surface area (Å²) in [5, 5.41) is 0. The highest BCUT2D eigenvalue weighted by molar-refractivity contribution is 4.85. The first kappa shape index (κ1) is 23.0. The lowest BCUT2D eigenvalue weighted by Crippen LogP contribution is -1.93. The quantitative estimate of drug-likeness (QED) is 0.208. The Kier molecular flexibility index (Phi) is 20.0. The molecule has 0 rings (SSSR count). The fraction of sp³-hybridized carbons (Fsp3) is 0.957. The molecule has 0 fully saturated rings. The molecule has 0 heterocycles. The molecule has 0 aliphatic carbocycles. The lowest BCUT2D eigenvalue weighted by atomic mass is 9.95. The maximum Gasteiger partial charge on any atom is -0.0246 e. The van der Waals surface area contributed by atoms with E-state index >= 15 is 0 Å². The van der Waals surface area contributed by atoms with Gasteiger partial charge >= 0.3 is 0 Å². The average molecular weight is 324 g/mol. The van der Waals surface area contributed by atoms with E-state index in [0.717, 1.165) is 0 Å². The van der Waals surface area contributed by atoms with Crippen molar-refractivity contribution in [3.05, 3.63) is 5.92 Å². The van der Waals surface area contributed by atoms with Gasteiger partial charge in [0.1, 0.15) is 0 Å². The zero-order chi connectivity index (χ0) is 17.0. The van der Waals surface area contributed by atoms with E-state index in [-0.39, 0.29) is 0 Å². The van der Waals surface area contributed by atoms with E-state index in [0.29, 0.717) is 0 Å². The third kappa shape index (κ3) is 18.2. The molecule has 0 aromatic rings. The van der Waals surface area contributed by atoms with Gasteiger partial charge in [-0.2, -0.15) is 0 Å². The minimum absolute atomic E-state index is 1.30. The summed E-state index contributed by atoms with van der Waals surface area (Å²) in [4.78, 5) is 0. The highest BCUT2D eigenvalue weighted by Gasteiger charge is 2.02. The van der Waals surface area contributed by atoms with Crippen molar-refractivity contribution >= 4 is 0 Å². The van der Waals surface area contributed by atoms with E-state index in [1.54, 1.807) is 5.92 Å². The van der Waals surface area contributed by atoms with Crippen LogP contribution in [0.25, 0.3) is 0 Å². The second kappa shape index (κ2) is 20.0. The van der Waals surface area contributed by atoms with Crippen molar-refractivity contribution in [3.8, 4) is 0 Å². The molecule has 0 aliphatic heterocycles. The average Bonchev–Trinajstić information content (AvgIpc) is 2.58. The zero-order valence-electron chi connectivity index (χ0n) is 16.9. The van der Waals surface area contributed by atoms with Gasteiger partial charge in [0.05, 0.1) is 0 Å². The van der Waals surface area contributed by atoms with Crippen LogP contribution in [0.2, 0.25) is 0 Å². The molecular formula is C23H47. The number of hydrogen-bond acceptors (Lipinski definition) is 0. The molecule has 0 aromatic carbocycles. The van der Waals surface area contributed by atoms with Gasteiger partial charge in [0.25, 0.3) is 0 Å². The Morgan fingerprint density at radius 3 is 1.00 bits per heavy atom. The summed E-state index contributed by atoms with van der Waals surface area (Å²) in [6.07, 6.45) is 27.5. The van der Waals surface area contributed by atoms with E-state index in [4.69, 9.17) is 0 Å². The monoisotopic (exact) mass is 323 g/mol. The van der Waals surface area contributed by atoms with Crippen LogP contribution in [0.15, 0.2) is 0 Å². The van der Waals surface area contributed by atoms with Crippen molar-refractivity contribution in [2.24, 2.45) is 0 Å². The molecule has 0 aromatic heterocycles. The topological polar surface area (TPSA) is 0 Å². The number of unbranched alkanes of at least 4 members (excludes halogenated alkanes) is 15. The maximum atomic E-state index is 2.31. The molecule has 0 unspecified atom stereocenters. The van der Waals surface area contributed by atoms with Crippen molar-refractivity contribution in [1.82, 2.24) is 0 Å². The van der Waals surface area contributed by atoms with Crippen LogP contribution < -0.4 is 0 Å². The lowest BCUT2D eigenvalue weighted by Gasteiger charge is -2.10. The van der Waals surface area contributed by atoms with E-state index in [1.165, 1.54) is 122 Å². The molecule has 0 saturated heterocycles. The summed E-state index contributed by atoms with van der Waals surface area (Å²) in [5.74, 6) is 1.77.